The Morgan fingerprint density at radius 2 is 1.83 bits per heavy atom. The summed E-state index contributed by atoms with van der Waals surface area (Å²) in [4.78, 5) is 24.5. The van der Waals surface area contributed by atoms with Gasteiger partial charge in [0.25, 0.3) is 10.0 Å². The number of halogens is 1. The third kappa shape index (κ3) is 5.72. The Labute approximate surface area is 210 Å². The minimum absolute atomic E-state index is 0.0956. The first-order valence-electron chi connectivity index (χ1n) is 11.6. The highest BCUT2D eigenvalue weighted by Gasteiger charge is 2.45. The van der Waals surface area contributed by atoms with E-state index >= 15 is 0 Å². The molecule has 0 aromatic heterocycles. The smallest absolute Gasteiger partial charge is 0.412 e. The van der Waals surface area contributed by atoms with Crippen LogP contribution in [0.2, 0.25) is 0 Å². The van der Waals surface area contributed by atoms with Gasteiger partial charge in [-0.1, -0.05) is 6.92 Å². The largest absolute Gasteiger partial charge is 0.484 e. The van der Waals surface area contributed by atoms with Crippen molar-refractivity contribution < 1.29 is 31.9 Å². The highest BCUT2D eigenvalue weighted by molar-refractivity contribution is 7.92. The van der Waals surface area contributed by atoms with Gasteiger partial charge in [-0.05, 0) is 76.1 Å². The molecule has 4 rings (SSSR count). The zero-order valence-corrected chi connectivity index (χ0v) is 21.4. The predicted molar refractivity (Wildman–Crippen MR) is 132 cm³/mol. The number of nitrogens with one attached hydrogen (secondary N) is 2. The van der Waals surface area contributed by atoms with E-state index in [4.69, 9.17) is 9.47 Å². The van der Waals surface area contributed by atoms with E-state index < -0.39 is 33.6 Å². The van der Waals surface area contributed by atoms with Gasteiger partial charge in [0, 0.05) is 11.1 Å². The molecule has 11 heteroatoms. The second-order valence-electron chi connectivity index (χ2n) is 10.3. The summed E-state index contributed by atoms with van der Waals surface area (Å²) in [6.45, 7) is 7.08. The zero-order chi connectivity index (χ0) is 26.3. The van der Waals surface area contributed by atoms with E-state index in [2.05, 4.69) is 10.6 Å². The fraction of sp³-hybridized carbons (Fsp3) is 0.440. The Morgan fingerprint density at radius 3 is 2.44 bits per heavy atom. The van der Waals surface area contributed by atoms with E-state index in [9.17, 15) is 22.4 Å². The first-order chi connectivity index (χ1) is 16.8. The molecule has 9 nitrogen and oxygen atoms in total. The van der Waals surface area contributed by atoms with Crippen LogP contribution in [0.25, 0.3) is 0 Å². The van der Waals surface area contributed by atoms with Crippen molar-refractivity contribution in [1.29, 1.82) is 0 Å². The van der Waals surface area contributed by atoms with Crippen molar-refractivity contribution in [2.75, 3.05) is 22.7 Å². The summed E-state index contributed by atoms with van der Waals surface area (Å²) in [7, 11) is -4.12. The maximum absolute atomic E-state index is 13.6. The first kappa shape index (κ1) is 25.7. The summed E-state index contributed by atoms with van der Waals surface area (Å²) >= 11 is 0. The first-order valence-corrected chi connectivity index (χ1v) is 13.1. The van der Waals surface area contributed by atoms with Gasteiger partial charge in [0.1, 0.15) is 23.3 Å². The molecule has 0 spiro atoms. The van der Waals surface area contributed by atoms with Crippen molar-refractivity contribution in [1.82, 2.24) is 5.32 Å². The Bertz CT molecular complexity index is 1270. The second-order valence-corrected chi connectivity index (χ2v) is 12.2. The number of nitrogens with zero attached hydrogens (tertiary/aromatic N) is 1. The van der Waals surface area contributed by atoms with Crippen LogP contribution in [0, 0.1) is 11.2 Å². The maximum Gasteiger partial charge on any atom is 0.412 e. The Morgan fingerprint density at radius 1 is 1.17 bits per heavy atom. The number of rotatable bonds is 6. The number of ether oxygens (including phenoxy) is 2. The number of benzene rings is 2. The fourth-order valence-corrected chi connectivity index (χ4v) is 5.21. The molecule has 1 saturated carbocycles. The second kappa shape index (κ2) is 9.27. The molecule has 1 atom stereocenters. The lowest BCUT2D eigenvalue weighted by molar-refractivity contribution is -0.126. The Hall–Kier alpha value is -3.34. The summed E-state index contributed by atoms with van der Waals surface area (Å²) in [5, 5.41) is 5.45. The van der Waals surface area contributed by atoms with Gasteiger partial charge in [-0.3, -0.25) is 14.4 Å². The molecule has 1 aliphatic heterocycles. The van der Waals surface area contributed by atoms with E-state index in [1.54, 1.807) is 32.9 Å². The van der Waals surface area contributed by atoms with Gasteiger partial charge in [-0.25, -0.2) is 17.6 Å². The van der Waals surface area contributed by atoms with Crippen molar-refractivity contribution in [3.05, 3.63) is 48.3 Å². The van der Waals surface area contributed by atoms with Crippen molar-refractivity contribution >= 4 is 33.4 Å². The molecule has 194 valence electrons. The van der Waals surface area contributed by atoms with Crippen LogP contribution in [-0.4, -0.2) is 45.2 Å². The van der Waals surface area contributed by atoms with E-state index in [-0.39, 0.29) is 40.7 Å². The van der Waals surface area contributed by atoms with Crippen LogP contribution in [0.5, 0.6) is 5.75 Å². The predicted octanol–water partition coefficient (Wildman–Crippen LogP) is 4.05. The van der Waals surface area contributed by atoms with E-state index in [0.29, 0.717) is 5.69 Å². The van der Waals surface area contributed by atoms with Gasteiger partial charge in [-0.15, -0.1) is 0 Å². The van der Waals surface area contributed by atoms with Crippen LogP contribution < -0.4 is 19.7 Å². The van der Waals surface area contributed by atoms with Gasteiger partial charge in [-0.2, -0.15) is 0 Å². The lowest BCUT2D eigenvalue weighted by Gasteiger charge is -2.36. The molecule has 2 amide bonds. The number of carbonyl (C=O) groups is 2. The Kier molecular flexibility index (Phi) is 6.63. The number of anilines is 2. The summed E-state index contributed by atoms with van der Waals surface area (Å²) in [6.07, 6.45) is 0.266. The fourth-order valence-electron chi connectivity index (χ4n) is 3.71. The molecule has 2 aromatic rings. The van der Waals surface area contributed by atoms with E-state index in [0.717, 1.165) is 29.3 Å². The number of carbonyl (C=O) groups excluding carboxylic acids is 2. The maximum atomic E-state index is 13.6. The standard InChI is InChI=1S/C25H30FN3O6S/c1-24(2,3)35-23(31)28-17-7-10-21-20(13-17)29(36(32,33)19-8-5-16(26)6-9-19)15-18(34-21)14-27-22(30)25(4)11-12-25/h5-10,13,18H,11-12,14-15H2,1-4H3,(H,27,30)(H,28,31)/t18-/m0/s1. The number of hydrogen-bond donors (Lipinski definition) is 2. The van der Waals surface area contributed by atoms with Gasteiger partial charge in [0.2, 0.25) is 5.91 Å². The highest BCUT2D eigenvalue weighted by Crippen LogP contribution is 2.45. The van der Waals surface area contributed by atoms with Crippen LogP contribution in [-0.2, 0) is 19.6 Å². The number of hydrogen-bond acceptors (Lipinski definition) is 6. The molecule has 0 saturated heterocycles. The third-order valence-corrected chi connectivity index (χ3v) is 7.77. The van der Waals surface area contributed by atoms with Gasteiger partial charge in [0.05, 0.1) is 23.7 Å². The van der Waals surface area contributed by atoms with Crippen LogP contribution in [0.15, 0.2) is 47.4 Å². The van der Waals surface area contributed by atoms with Gasteiger partial charge in [0.15, 0.2) is 0 Å². The van der Waals surface area contributed by atoms with E-state index in [1.807, 2.05) is 6.92 Å². The molecular formula is C25H30FN3O6S. The third-order valence-electron chi connectivity index (χ3n) is 5.98. The molecule has 2 aromatic carbocycles. The molecular weight excluding hydrogens is 489 g/mol. The minimum atomic E-state index is -4.12. The van der Waals surface area contributed by atoms with Crippen molar-refractivity contribution in [3.63, 3.8) is 0 Å². The van der Waals surface area contributed by atoms with E-state index in [1.165, 1.54) is 18.2 Å². The number of amides is 2. The Balaban J connectivity index is 1.63. The molecule has 1 aliphatic carbocycles. The van der Waals surface area contributed by atoms with Crippen LogP contribution in [0.3, 0.4) is 0 Å². The molecule has 1 heterocycles. The van der Waals surface area contributed by atoms with Crippen molar-refractivity contribution in [3.8, 4) is 5.75 Å². The average molecular weight is 520 g/mol. The van der Waals surface area contributed by atoms with Crippen LogP contribution in [0.1, 0.15) is 40.5 Å². The monoisotopic (exact) mass is 519 g/mol. The summed E-state index contributed by atoms with van der Waals surface area (Å²) in [5.41, 5.74) is -0.590. The summed E-state index contributed by atoms with van der Waals surface area (Å²) < 4.78 is 53.1. The molecule has 1 fully saturated rings. The highest BCUT2D eigenvalue weighted by atomic mass is 32.2. The van der Waals surface area contributed by atoms with Gasteiger partial charge >= 0.3 is 6.09 Å². The topological polar surface area (TPSA) is 114 Å². The lowest BCUT2D eigenvalue weighted by atomic mass is 10.1. The summed E-state index contributed by atoms with van der Waals surface area (Å²) in [6, 6.07) is 9.11. The average Bonchev–Trinajstić information content (AvgIpc) is 3.54. The quantitative estimate of drug-likeness (QED) is 0.595. The molecule has 2 aliphatic rings. The normalized spacial score (nSPS) is 18.5. The van der Waals surface area contributed by atoms with Gasteiger partial charge < -0.3 is 14.8 Å². The number of sulfonamides is 1. The lowest BCUT2D eigenvalue weighted by Crippen LogP contribution is -2.49. The zero-order valence-electron chi connectivity index (χ0n) is 20.6. The van der Waals surface area contributed by atoms with Crippen LogP contribution in [0.4, 0.5) is 20.6 Å². The molecule has 0 unspecified atom stereocenters. The van der Waals surface area contributed by atoms with Crippen LogP contribution >= 0.6 is 0 Å². The summed E-state index contributed by atoms with van der Waals surface area (Å²) in [5.74, 6) is -0.394. The van der Waals surface area contributed by atoms with Crippen molar-refractivity contribution in [2.45, 2.75) is 57.1 Å². The SMILES string of the molecule is CC(C)(C)OC(=O)Nc1ccc2c(c1)N(S(=O)(=O)c1ccc(F)cc1)C[C@H](CNC(=O)C1(C)CC1)O2. The minimum Gasteiger partial charge on any atom is -0.484 e. The molecule has 36 heavy (non-hydrogen) atoms. The number of fused-ring (bicyclic) bond motifs is 1. The molecule has 0 radical (unpaired) electrons. The molecule has 2 N–H and O–H groups in total. The molecule has 0 bridgehead atoms. The van der Waals surface area contributed by atoms with Crippen molar-refractivity contribution in [2.24, 2.45) is 5.41 Å².